The van der Waals surface area contributed by atoms with Gasteiger partial charge in [-0.2, -0.15) is 5.10 Å². The van der Waals surface area contributed by atoms with Gasteiger partial charge in [-0.3, -0.25) is 10.2 Å². The first-order valence-electron chi connectivity index (χ1n) is 6.45. The second-order valence-corrected chi connectivity index (χ2v) is 5.58. The van der Waals surface area contributed by atoms with Gasteiger partial charge in [0.15, 0.2) is 0 Å². The summed E-state index contributed by atoms with van der Waals surface area (Å²) in [5, 5.41) is 4.26. The average molecular weight is 329 g/mol. The third-order valence-corrected chi connectivity index (χ3v) is 3.85. The summed E-state index contributed by atoms with van der Waals surface area (Å²) in [6.45, 7) is 0. The van der Waals surface area contributed by atoms with Crippen molar-refractivity contribution in [1.29, 1.82) is 0 Å². The van der Waals surface area contributed by atoms with Crippen molar-refractivity contribution in [3.63, 3.8) is 0 Å². The molecule has 0 spiro atoms. The highest BCUT2D eigenvalue weighted by Crippen LogP contribution is 2.20. The molecule has 0 amide bonds. The summed E-state index contributed by atoms with van der Waals surface area (Å²) in [6.07, 6.45) is 1.54. The molecule has 1 N–H and O–H groups in total. The van der Waals surface area contributed by atoms with Gasteiger partial charge < -0.3 is 0 Å². The van der Waals surface area contributed by atoms with Gasteiger partial charge in [-0.05, 0) is 42.7 Å². The maximum Gasteiger partial charge on any atom is 0.209 e. The molecule has 0 fully saturated rings. The Hall–Kier alpha value is -1.94. The summed E-state index contributed by atoms with van der Waals surface area (Å²) in [5.41, 5.74) is 6.29. The number of aryl methyl sites for hydroxylation is 1. The van der Waals surface area contributed by atoms with Crippen LogP contribution in [0.4, 0.5) is 5.69 Å². The second kappa shape index (κ2) is 5.59. The van der Waals surface area contributed by atoms with Crippen LogP contribution >= 0.6 is 15.9 Å². The molecule has 0 saturated carbocycles. The number of halogens is 1. The van der Waals surface area contributed by atoms with Crippen LogP contribution in [0.15, 0.2) is 58.1 Å². The fourth-order valence-electron chi connectivity index (χ4n) is 2.25. The number of fused-ring (bicyclic) bond motifs is 1. The van der Waals surface area contributed by atoms with E-state index in [1.807, 2.05) is 48.5 Å². The summed E-state index contributed by atoms with van der Waals surface area (Å²) in [5.74, 6) is 0.0245. The molecule has 1 aliphatic rings. The van der Waals surface area contributed by atoms with Crippen molar-refractivity contribution in [3.05, 3.63) is 64.1 Å². The van der Waals surface area contributed by atoms with Crippen molar-refractivity contribution in [3.8, 4) is 0 Å². The summed E-state index contributed by atoms with van der Waals surface area (Å²) >= 11 is 3.38. The van der Waals surface area contributed by atoms with E-state index < -0.39 is 0 Å². The molecule has 0 aliphatic heterocycles. The molecule has 1 aliphatic carbocycles. The van der Waals surface area contributed by atoms with E-state index >= 15 is 0 Å². The Labute approximate surface area is 125 Å². The molecule has 0 atom stereocenters. The third-order valence-electron chi connectivity index (χ3n) is 3.32. The lowest BCUT2D eigenvalue weighted by Gasteiger charge is -2.16. The highest BCUT2D eigenvalue weighted by molar-refractivity contribution is 9.10. The lowest BCUT2D eigenvalue weighted by Crippen LogP contribution is -2.23. The number of Topliss-reactive ketones (excluding diaryl/α,β-unsaturated/α-hetero) is 1. The molecule has 0 saturated heterocycles. The molecule has 2 aromatic rings. The number of hydrogen-bond donors (Lipinski definition) is 1. The van der Waals surface area contributed by atoms with Gasteiger partial charge in [0, 0.05) is 10.0 Å². The molecule has 0 bridgehead atoms. The predicted octanol–water partition coefficient (Wildman–Crippen LogP) is 4.05. The van der Waals surface area contributed by atoms with E-state index in [9.17, 15) is 4.79 Å². The minimum absolute atomic E-state index is 0.0245. The molecule has 100 valence electrons. The standard InChI is InChI=1S/C16H13BrN2O/c17-12-6-8-13(9-7-12)18-19-15-10-5-11-3-1-2-4-14(11)16(15)20/h1-4,6-9,18H,5,10H2/b19-15+. The highest BCUT2D eigenvalue weighted by Gasteiger charge is 2.22. The van der Waals surface area contributed by atoms with Crippen LogP contribution in [0.1, 0.15) is 22.3 Å². The van der Waals surface area contributed by atoms with Gasteiger partial charge >= 0.3 is 0 Å². The van der Waals surface area contributed by atoms with Crippen LogP contribution in [-0.4, -0.2) is 11.5 Å². The maximum atomic E-state index is 12.3. The number of rotatable bonds is 2. The number of anilines is 1. The minimum Gasteiger partial charge on any atom is -0.287 e. The van der Waals surface area contributed by atoms with Gasteiger partial charge in [0.25, 0.3) is 0 Å². The van der Waals surface area contributed by atoms with Crippen LogP contribution in [-0.2, 0) is 6.42 Å². The molecule has 3 rings (SSSR count). The monoisotopic (exact) mass is 328 g/mol. The molecular weight excluding hydrogens is 316 g/mol. The fraction of sp³-hybridized carbons (Fsp3) is 0.125. The first-order chi connectivity index (χ1) is 9.74. The molecule has 2 aromatic carbocycles. The van der Waals surface area contributed by atoms with Gasteiger partial charge in [0.1, 0.15) is 5.71 Å². The van der Waals surface area contributed by atoms with E-state index in [1.165, 1.54) is 0 Å². The van der Waals surface area contributed by atoms with Crippen LogP contribution in [0.25, 0.3) is 0 Å². The topological polar surface area (TPSA) is 41.5 Å². The van der Waals surface area contributed by atoms with Crippen molar-refractivity contribution in [2.24, 2.45) is 5.10 Å². The number of ketones is 1. The Kier molecular flexibility index (Phi) is 3.65. The average Bonchev–Trinajstić information content (AvgIpc) is 2.49. The zero-order valence-corrected chi connectivity index (χ0v) is 12.4. The Morgan fingerprint density at radius 2 is 1.75 bits per heavy atom. The lowest BCUT2D eigenvalue weighted by atomic mass is 9.89. The van der Waals surface area contributed by atoms with Crippen molar-refractivity contribution in [1.82, 2.24) is 0 Å². The first-order valence-corrected chi connectivity index (χ1v) is 7.24. The van der Waals surface area contributed by atoms with Crippen LogP contribution in [0, 0.1) is 0 Å². The van der Waals surface area contributed by atoms with Crippen molar-refractivity contribution >= 4 is 33.1 Å². The zero-order chi connectivity index (χ0) is 13.9. The van der Waals surface area contributed by atoms with E-state index in [0.717, 1.165) is 27.7 Å². The minimum atomic E-state index is 0.0245. The van der Waals surface area contributed by atoms with Gasteiger partial charge in [-0.25, -0.2) is 0 Å². The smallest absolute Gasteiger partial charge is 0.209 e. The summed E-state index contributed by atoms with van der Waals surface area (Å²) in [7, 11) is 0. The number of hydrazone groups is 1. The van der Waals surface area contributed by atoms with Crippen molar-refractivity contribution < 1.29 is 4.79 Å². The molecular formula is C16H13BrN2O. The quantitative estimate of drug-likeness (QED) is 0.845. The Balaban J connectivity index is 1.80. The molecule has 3 nitrogen and oxygen atoms in total. The molecule has 0 aromatic heterocycles. The maximum absolute atomic E-state index is 12.3. The summed E-state index contributed by atoms with van der Waals surface area (Å²) < 4.78 is 1.01. The largest absolute Gasteiger partial charge is 0.287 e. The van der Waals surface area contributed by atoms with Crippen molar-refractivity contribution in [2.75, 3.05) is 5.43 Å². The SMILES string of the molecule is O=C1/C(=N/Nc2ccc(Br)cc2)CCc2ccccc21. The normalized spacial score (nSPS) is 16.1. The molecule has 0 radical (unpaired) electrons. The molecule has 0 unspecified atom stereocenters. The zero-order valence-electron chi connectivity index (χ0n) is 10.8. The second-order valence-electron chi connectivity index (χ2n) is 4.66. The number of hydrogen-bond acceptors (Lipinski definition) is 3. The van der Waals surface area contributed by atoms with Crippen LogP contribution in [0.3, 0.4) is 0 Å². The van der Waals surface area contributed by atoms with Crippen LogP contribution in [0.2, 0.25) is 0 Å². The van der Waals surface area contributed by atoms with Crippen LogP contribution in [0.5, 0.6) is 0 Å². The summed E-state index contributed by atoms with van der Waals surface area (Å²) in [6, 6.07) is 15.4. The molecule has 0 heterocycles. The highest BCUT2D eigenvalue weighted by atomic mass is 79.9. The van der Waals surface area contributed by atoms with Gasteiger partial charge in [-0.15, -0.1) is 0 Å². The number of benzene rings is 2. The summed E-state index contributed by atoms with van der Waals surface area (Å²) in [4.78, 5) is 12.3. The van der Waals surface area contributed by atoms with Gasteiger partial charge in [-0.1, -0.05) is 40.2 Å². The number of carbonyl (C=O) groups is 1. The van der Waals surface area contributed by atoms with E-state index in [4.69, 9.17) is 0 Å². The van der Waals surface area contributed by atoms with Crippen molar-refractivity contribution in [2.45, 2.75) is 12.8 Å². The molecule has 4 heteroatoms. The Bertz CT molecular complexity index is 677. The van der Waals surface area contributed by atoms with E-state index in [2.05, 4.69) is 26.5 Å². The first kappa shape index (κ1) is 13.1. The predicted molar refractivity (Wildman–Crippen MR) is 84.3 cm³/mol. The number of carbonyl (C=O) groups excluding carboxylic acids is 1. The Morgan fingerprint density at radius 1 is 1.00 bits per heavy atom. The van der Waals surface area contributed by atoms with E-state index in [0.29, 0.717) is 12.1 Å². The number of nitrogens with zero attached hydrogens (tertiary/aromatic N) is 1. The van der Waals surface area contributed by atoms with E-state index in [-0.39, 0.29) is 5.78 Å². The molecule has 20 heavy (non-hydrogen) atoms. The van der Waals surface area contributed by atoms with Gasteiger partial charge in [0.2, 0.25) is 5.78 Å². The van der Waals surface area contributed by atoms with Crippen LogP contribution < -0.4 is 5.43 Å². The van der Waals surface area contributed by atoms with E-state index in [1.54, 1.807) is 0 Å². The Morgan fingerprint density at radius 3 is 2.55 bits per heavy atom. The third kappa shape index (κ3) is 2.65. The lowest BCUT2D eigenvalue weighted by molar-refractivity contribution is 0.106. The fourth-order valence-corrected chi connectivity index (χ4v) is 2.51. The van der Waals surface area contributed by atoms with Gasteiger partial charge in [0.05, 0.1) is 5.69 Å². The number of nitrogens with one attached hydrogen (secondary N) is 1.